The SMILES string of the molecule is COc1ncc(-c2ccc(N(C(=O)OCC(C)(F)F)[C@H]3CC[C@H](Nc4ncc(C(F)(F)F)c(-c5n[nH]cc5Cl)n4)CC3)nc2)cn1. The van der Waals surface area contributed by atoms with E-state index in [2.05, 4.69) is 40.4 Å². The van der Waals surface area contributed by atoms with Crippen molar-refractivity contribution >= 4 is 29.5 Å². The molecule has 0 saturated heterocycles. The highest BCUT2D eigenvalue weighted by Gasteiger charge is 2.37. The van der Waals surface area contributed by atoms with Gasteiger partial charge in [-0.2, -0.15) is 18.3 Å². The van der Waals surface area contributed by atoms with E-state index in [4.69, 9.17) is 21.1 Å². The summed E-state index contributed by atoms with van der Waals surface area (Å²) in [6, 6.07) is 2.67. The molecule has 1 aliphatic rings. The van der Waals surface area contributed by atoms with Crippen LogP contribution in [0.25, 0.3) is 22.5 Å². The third-order valence-electron chi connectivity index (χ3n) is 7.09. The summed E-state index contributed by atoms with van der Waals surface area (Å²) < 4.78 is 78.0. The zero-order valence-electron chi connectivity index (χ0n) is 24.4. The smallest absolute Gasteiger partial charge is 0.420 e. The molecule has 5 rings (SSSR count). The van der Waals surface area contributed by atoms with Gasteiger partial charge >= 0.3 is 18.3 Å². The number of ether oxygens (including phenoxy) is 2. The van der Waals surface area contributed by atoms with E-state index in [0.29, 0.717) is 49.9 Å². The van der Waals surface area contributed by atoms with Crippen molar-refractivity contribution in [1.29, 1.82) is 0 Å². The Morgan fingerprint density at radius 3 is 2.26 bits per heavy atom. The quantitative estimate of drug-likeness (QED) is 0.192. The molecule has 1 saturated carbocycles. The molecule has 4 aromatic rings. The number of carbonyl (C=O) groups is 1. The Kier molecular flexibility index (Phi) is 9.50. The second-order valence-corrected chi connectivity index (χ2v) is 11.0. The second-order valence-electron chi connectivity index (χ2n) is 10.5. The first kappa shape index (κ1) is 32.7. The Bertz CT molecular complexity index is 1640. The summed E-state index contributed by atoms with van der Waals surface area (Å²) in [4.78, 5) is 34.8. The molecule has 46 heavy (non-hydrogen) atoms. The molecule has 18 heteroatoms. The minimum atomic E-state index is -4.75. The van der Waals surface area contributed by atoms with Crippen molar-refractivity contribution in [2.75, 3.05) is 23.9 Å². The van der Waals surface area contributed by atoms with E-state index >= 15 is 0 Å². The number of methoxy groups -OCH3 is 1. The number of nitrogens with zero attached hydrogens (tertiary/aromatic N) is 7. The van der Waals surface area contributed by atoms with Crippen LogP contribution in [0.4, 0.5) is 38.5 Å². The normalized spacial score (nSPS) is 17.0. The summed E-state index contributed by atoms with van der Waals surface area (Å²) in [7, 11) is 1.44. The fraction of sp³-hybridized carbons (Fsp3) is 0.393. The average molecular weight is 668 g/mol. The van der Waals surface area contributed by atoms with Crippen molar-refractivity contribution in [3.8, 4) is 28.5 Å². The molecular weight excluding hydrogens is 641 g/mol. The molecule has 0 atom stereocenters. The molecule has 0 bridgehead atoms. The molecule has 4 heterocycles. The summed E-state index contributed by atoms with van der Waals surface area (Å²) in [5.41, 5.74) is -0.481. The monoisotopic (exact) mass is 667 g/mol. The molecule has 2 N–H and O–H groups in total. The van der Waals surface area contributed by atoms with Gasteiger partial charge in [-0.25, -0.2) is 38.5 Å². The Morgan fingerprint density at radius 1 is 1.00 bits per heavy atom. The molecule has 0 aliphatic heterocycles. The lowest BCUT2D eigenvalue weighted by molar-refractivity contribution is -0.137. The van der Waals surface area contributed by atoms with E-state index in [1.54, 1.807) is 24.5 Å². The molecular formula is C28H27ClF5N9O3. The van der Waals surface area contributed by atoms with Crippen LogP contribution in [-0.4, -0.2) is 72.9 Å². The van der Waals surface area contributed by atoms with Crippen LogP contribution >= 0.6 is 11.6 Å². The Hall–Kier alpha value is -4.67. The number of anilines is 2. The van der Waals surface area contributed by atoms with Gasteiger partial charge in [0.05, 0.1) is 12.1 Å². The van der Waals surface area contributed by atoms with E-state index in [1.165, 1.54) is 24.4 Å². The van der Waals surface area contributed by atoms with Crippen LogP contribution in [0.15, 0.2) is 43.1 Å². The van der Waals surface area contributed by atoms with Gasteiger partial charge in [0.25, 0.3) is 5.92 Å². The Balaban J connectivity index is 1.32. The number of halogens is 6. The van der Waals surface area contributed by atoms with Crippen LogP contribution in [-0.2, 0) is 10.9 Å². The minimum absolute atomic E-state index is 0.0394. The maximum Gasteiger partial charge on any atom is 0.420 e. The van der Waals surface area contributed by atoms with E-state index < -0.39 is 42.1 Å². The van der Waals surface area contributed by atoms with Crippen LogP contribution in [0.1, 0.15) is 38.2 Å². The van der Waals surface area contributed by atoms with Crippen molar-refractivity contribution in [3.05, 3.63) is 53.7 Å². The summed E-state index contributed by atoms with van der Waals surface area (Å²) in [5.74, 6) is -3.12. The van der Waals surface area contributed by atoms with Gasteiger partial charge in [0.15, 0.2) is 6.61 Å². The van der Waals surface area contributed by atoms with Crippen LogP contribution < -0.4 is 15.0 Å². The summed E-state index contributed by atoms with van der Waals surface area (Å²) in [6.45, 7) is -0.478. The third-order valence-corrected chi connectivity index (χ3v) is 7.38. The lowest BCUT2D eigenvalue weighted by Crippen LogP contribution is -2.45. The van der Waals surface area contributed by atoms with Crippen molar-refractivity contribution in [3.63, 3.8) is 0 Å². The number of pyridine rings is 1. The predicted molar refractivity (Wildman–Crippen MR) is 156 cm³/mol. The maximum atomic E-state index is 13.7. The average Bonchev–Trinajstić information content (AvgIpc) is 3.46. The molecule has 1 aliphatic carbocycles. The van der Waals surface area contributed by atoms with E-state index in [-0.39, 0.29) is 34.5 Å². The standard InChI is InChI=1S/C28H27ClF5N9O3/c1-27(30,31)14-46-26(44)43(21-8-3-15(9-35-21)16-10-37-25(45-2)38-11-16)18-6-4-17(5-7-18)40-24-36-12-19(28(32,33)34)22(41-24)23-20(29)13-39-42-23/h3,8-13,17-18H,4-7,14H2,1-2H3,(H,39,42)(H,36,40,41)/t17-,18-. The number of rotatable bonds is 9. The van der Waals surface area contributed by atoms with Gasteiger partial charge in [-0.15, -0.1) is 0 Å². The van der Waals surface area contributed by atoms with Crippen LogP contribution in [0.2, 0.25) is 5.02 Å². The Labute approximate surface area is 263 Å². The fourth-order valence-corrected chi connectivity index (χ4v) is 5.08. The number of alkyl halides is 5. The number of nitrogens with one attached hydrogen (secondary N) is 2. The highest BCUT2D eigenvalue weighted by Crippen LogP contribution is 2.38. The number of aromatic amines is 1. The number of carbonyl (C=O) groups excluding carboxylic acids is 1. The third kappa shape index (κ3) is 7.75. The predicted octanol–water partition coefficient (Wildman–Crippen LogP) is 6.42. The van der Waals surface area contributed by atoms with Gasteiger partial charge in [-0.1, -0.05) is 11.6 Å². The summed E-state index contributed by atoms with van der Waals surface area (Å²) in [6.07, 6.45) is 2.36. The molecule has 244 valence electrons. The highest BCUT2D eigenvalue weighted by atomic mass is 35.5. The zero-order valence-corrected chi connectivity index (χ0v) is 25.1. The summed E-state index contributed by atoms with van der Waals surface area (Å²) in [5, 5.41) is 9.22. The molecule has 1 amide bonds. The number of amides is 1. The maximum absolute atomic E-state index is 13.7. The van der Waals surface area contributed by atoms with Gasteiger partial charge < -0.3 is 14.8 Å². The van der Waals surface area contributed by atoms with Gasteiger partial charge in [0.1, 0.15) is 22.8 Å². The van der Waals surface area contributed by atoms with Crippen molar-refractivity contribution in [2.45, 2.75) is 56.8 Å². The fourth-order valence-electron chi connectivity index (χ4n) is 4.90. The molecule has 0 spiro atoms. The molecule has 0 radical (unpaired) electrons. The van der Waals surface area contributed by atoms with Gasteiger partial charge in [0.2, 0.25) is 5.95 Å². The van der Waals surface area contributed by atoms with Gasteiger partial charge in [-0.3, -0.25) is 10.00 Å². The summed E-state index contributed by atoms with van der Waals surface area (Å²) >= 11 is 6.02. The van der Waals surface area contributed by atoms with Crippen LogP contribution in [0.3, 0.4) is 0 Å². The Morgan fingerprint density at radius 2 is 1.70 bits per heavy atom. The number of aromatic nitrogens is 7. The highest BCUT2D eigenvalue weighted by molar-refractivity contribution is 6.32. The second kappa shape index (κ2) is 13.4. The molecule has 0 aromatic carbocycles. The van der Waals surface area contributed by atoms with Crippen molar-refractivity contribution < 1.29 is 36.2 Å². The van der Waals surface area contributed by atoms with E-state index in [9.17, 15) is 26.7 Å². The largest absolute Gasteiger partial charge is 0.467 e. The molecule has 1 fully saturated rings. The lowest BCUT2D eigenvalue weighted by Gasteiger charge is -2.36. The number of H-pyrrole nitrogens is 1. The minimum Gasteiger partial charge on any atom is -0.467 e. The molecule has 4 aromatic heterocycles. The number of hydrogen-bond donors (Lipinski definition) is 2. The van der Waals surface area contributed by atoms with E-state index in [1.807, 2.05) is 0 Å². The first-order valence-corrected chi connectivity index (χ1v) is 14.3. The zero-order chi connectivity index (χ0) is 33.1. The van der Waals surface area contributed by atoms with Crippen LogP contribution in [0, 0.1) is 0 Å². The van der Waals surface area contributed by atoms with Crippen molar-refractivity contribution in [1.82, 2.24) is 35.1 Å². The van der Waals surface area contributed by atoms with Crippen LogP contribution in [0.5, 0.6) is 6.01 Å². The van der Waals surface area contributed by atoms with Gasteiger partial charge in [0, 0.05) is 61.1 Å². The van der Waals surface area contributed by atoms with Crippen molar-refractivity contribution in [2.24, 2.45) is 0 Å². The molecule has 12 nitrogen and oxygen atoms in total. The first-order valence-electron chi connectivity index (χ1n) is 13.9. The molecule has 0 unspecified atom stereocenters. The first-order chi connectivity index (χ1) is 21.8. The van der Waals surface area contributed by atoms with Gasteiger partial charge in [-0.05, 0) is 37.8 Å². The topological polar surface area (TPSA) is 144 Å². The van der Waals surface area contributed by atoms with E-state index in [0.717, 1.165) is 0 Å². The lowest BCUT2D eigenvalue weighted by atomic mass is 9.90. The number of hydrogen-bond acceptors (Lipinski definition) is 10.